The molecule has 0 atom stereocenters. The molecule has 0 aliphatic carbocycles. The molecule has 0 spiro atoms. The van der Waals surface area contributed by atoms with Crippen molar-refractivity contribution in [2.75, 3.05) is 5.73 Å². The molecule has 1 aromatic heterocycles. The van der Waals surface area contributed by atoms with E-state index in [4.69, 9.17) is 17.3 Å². The number of aryl methyl sites for hydroxylation is 1. The first kappa shape index (κ1) is 14.3. The van der Waals surface area contributed by atoms with Crippen molar-refractivity contribution < 1.29 is 8.78 Å². The van der Waals surface area contributed by atoms with E-state index in [0.717, 1.165) is 0 Å². The fourth-order valence-corrected chi connectivity index (χ4v) is 3.22. The lowest BCUT2D eigenvalue weighted by atomic mass is 10.2. The lowest BCUT2D eigenvalue weighted by Crippen LogP contribution is -2.03. The number of nitrogens with two attached hydrogens (primary N) is 1. The Labute approximate surface area is 132 Å². The molecule has 0 aliphatic rings. The average molecular weight is 373 g/mol. The van der Waals surface area contributed by atoms with E-state index >= 15 is 0 Å². The summed E-state index contributed by atoms with van der Waals surface area (Å²) < 4.78 is 29.0. The van der Waals surface area contributed by atoms with Gasteiger partial charge in [-0.05, 0) is 46.6 Å². The Balaban J connectivity index is 2.41. The maximum atomic E-state index is 13.6. The largest absolute Gasteiger partial charge is 0.369 e. The Kier molecular flexibility index (Phi) is 3.37. The van der Waals surface area contributed by atoms with Crippen molar-refractivity contribution in [3.63, 3.8) is 0 Å². The fourth-order valence-electron chi connectivity index (χ4n) is 2.20. The molecule has 0 fully saturated rings. The Bertz CT molecular complexity index is 853. The van der Waals surface area contributed by atoms with Gasteiger partial charge in [-0.25, -0.2) is 13.8 Å². The van der Waals surface area contributed by atoms with E-state index in [1.54, 1.807) is 17.6 Å². The van der Waals surface area contributed by atoms with Crippen molar-refractivity contribution in [1.82, 2.24) is 9.55 Å². The zero-order valence-corrected chi connectivity index (χ0v) is 13.1. The zero-order chi connectivity index (χ0) is 15.3. The van der Waals surface area contributed by atoms with Crippen LogP contribution in [0.4, 0.5) is 14.7 Å². The predicted octanol–water partition coefficient (Wildman–Crippen LogP) is 4.61. The molecule has 0 radical (unpaired) electrons. The normalized spacial score (nSPS) is 11.3. The summed E-state index contributed by atoms with van der Waals surface area (Å²) in [6.07, 6.45) is 0. The Morgan fingerprint density at radius 3 is 2.62 bits per heavy atom. The minimum Gasteiger partial charge on any atom is -0.369 e. The Hall–Kier alpha value is -1.66. The van der Waals surface area contributed by atoms with Crippen LogP contribution in [0.1, 0.15) is 5.56 Å². The number of hydrogen-bond donors (Lipinski definition) is 1. The molecule has 7 heteroatoms. The minimum absolute atomic E-state index is 0.143. The van der Waals surface area contributed by atoms with Gasteiger partial charge in [0.05, 0.1) is 21.7 Å². The van der Waals surface area contributed by atoms with E-state index in [0.29, 0.717) is 26.8 Å². The molecule has 0 saturated carbocycles. The van der Waals surface area contributed by atoms with E-state index < -0.39 is 5.82 Å². The second-order valence-corrected chi connectivity index (χ2v) is 5.88. The van der Waals surface area contributed by atoms with Crippen molar-refractivity contribution in [2.45, 2.75) is 6.92 Å². The summed E-state index contributed by atoms with van der Waals surface area (Å²) in [6.45, 7) is 1.64. The zero-order valence-electron chi connectivity index (χ0n) is 10.8. The van der Waals surface area contributed by atoms with E-state index in [2.05, 4.69) is 20.9 Å². The molecule has 21 heavy (non-hydrogen) atoms. The van der Waals surface area contributed by atoms with Crippen LogP contribution >= 0.6 is 27.5 Å². The smallest absolute Gasteiger partial charge is 0.206 e. The fraction of sp³-hybridized carbons (Fsp3) is 0.0714. The third kappa shape index (κ3) is 2.28. The van der Waals surface area contributed by atoms with Gasteiger partial charge in [0.2, 0.25) is 5.95 Å². The van der Waals surface area contributed by atoms with Gasteiger partial charge in [-0.2, -0.15) is 0 Å². The second-order valence-electron chi connectivity index (χ2n) is 4.61. The third-order valence-corrected chi connectivity index (χ3v) is 4.06. The highest BCUT2D eigenvalue weighted by Gasteiger charge is 2.17. The number of aromatic nitrogens is 2. The van der Waals surface area contributed by atoms with Gasteiger partial charge in [0.25, 0.3) is 0 Å². The SMILES string of the molecule is Cc1cc2c(cc1F)nc(N)n2-c1c(Cl)cc(F)cc1Br. The number of hydrogen-bond acceptors (Lipinski definition) is 2. The van der Waals surface area contributed by atoms with Crippen LogP contribution in [0.3, 0.4) is 0 Å². The highest BCUT2D eigenvalue weighted by atomic mass is 79.9. The number of nitrogen functional groups attached to an aromatic ring is 1. The summed E-state index contributed by atoms with van der Waals surface area (Å²) in [5.74, 6) is -0.693. The summed E-state index contributed by atoms with van der Waals surface area (Å²) in [7, 11) is 0. The summed E-state index contributed by atoms with van der Waals surface area (Å²) in [6, 6.07) is 5.40. The van der Waals surface area contributed by atoms with Crippen molar-refractivity contribution in [3.8, 4) is 5.69 Å². The molecular formula is C14H9BrClF2N3. The first-order valence-electron chi connectivity index (χ1n) is 5.97. The van der Waals surface area contributed by atoms with Gasteiger partial charge in [-0.1, -0.05) is 11.6 Å². The van der Waals surface area contributed by atoms with E-state index in [9.17, 15) is 8.78 Å². The predicted molar refractivity (Wildman–Crippen MR) is 82.8 cm³/mol. The topological polar surface area (TPSA) is 43.8 Å². The number of anilines is 1. The number of benzene rings is 2. The number of halogens is 4. The standard InChI is InChI=1S/C14H9BrClF2N3/c1-6-2-12-11(5-10(6)18)20-14(19)21(12)13-8(15)3-7(17)4-9(13)16/h2-5H,1H3,(H2,19,20). The van der Waals surface area contributed by atoms with Gasteiger partial charge in [0, 0.05) is 10.5 Å². The Morgan fingerprint density at radius 1 is 1.24 bits per heavy atom. The molecular weight excluding hydrogens is 364 g/mol. The highest BCUT2D eigenvalue weighted by Crippen LogP contribution is 2.35. The molecule has 3 nitrogen and oxygen atoms in total. The van der Waals surface area contributed by atoms with Crippen molar-refractivity contribution in [2.24, 2.45) is 0 Å². The molecule has 3 rings (SSSR count). The highest BCUT2D eigenvalue weighted by molar-refractivity contribution is 9.10. The van der Waals surface area contributed by atoms with Gasteiger partial charge in [0.1, 0.15) is 11.6 Å². The van der Waals surface area contributed by atoms with Gasteiger partial charge < -0.3 is 5.73 Å². The van der Waals surface area contributed by atoms with Crippen LogP contribution in [0, 0.1) is 18.6 Å². The molecule has 0 aliphatic heterocycles. The van der Waals surface area contributed by atoms with Crippen LogP contribution in [0.15, 0.2) is 28.7 Å². The number of nitrogens with zero attached hydrogens (tertiary/aromatic N) is 2. The van der Waals surface area contributed by atoms with Crippen LogP contribution in [0.2, 0.25) is 5.02 Å². The molecule has 0 unspecified atom stereocenters. The molecule has 0 saturated heterocycles. The van der Waals surface area contributed by atoms with Gasteiger partial charge in [-0.15, -0.1) is 0 Å². The van der Waals surface area contributed by atoms with Crippen LogP contribution in [0.25, 0.3) is 16.7 Å². The van der Waals surface area contributed by atoms with Gasteiger partial charge in [0.15, 0.2) is 0 Å². The van der Waals surface area contributed by atoms with Crippen molar-refractivity contribution in [1.29, 1.82) is 0 Å². The quantitative estimate of drug-likeness (QED) is 0.678. The number of fused-ring (bicyclic) bond motifs is 1. The van der Waals surface area contributed by atoms with Crippen LogP contribution in [-0.2, 0) is 0 Å². The summed E-state index contributed by atoms with van der Waals surface area (Å²) >= 11 is 9.39. The van der Waals surface area contributed by atoms with Crippen LogP contribution < -0.4 is 5.73 Å². The Morgan fingerprint density at radius 2 is 1.95 bits per heavy atom. The maximum Gasteiger partial charge on any atom is 0.206 e. The number of imidazole rings is 1. The first-order chi connectivity index (χ1) is 9.88. The summed E-state index contributed by atoms with van der Waals surface area (Å²) in [4.78, 5) is 4.12. The maximum absolute atomic E-state index is 13.6. The van der Waals surface area contributed by atoms with Gasteiger partial charge >= 0.3 is 0 Å². The average Bonchev–Trinajstić information content (AvgIpc) is 2.66. The molecule has 1 heterocycles. The molecule has 3 aromatic rings. The number of rotatable bonds is 1. The van der Waals surface area contributed by atoms with Crippen LogP contribution in [0.5, 0.6) is 0 Å². The van der Waals surface area contributed by atoms with Gasteiger partial charge in [-0.3, -0.25) is 4.57 Å². The molecule has 2 N–H and O–H groups in total. The summed E-state index contributed by atoms with van der Waals surface area (Å²) in [5.41, 5.74) is 7.84. The summed E-state index contributed by atoms with van der Waals surface area (Å²) in [5, 5.41) is 0.176. The molecule has 108 valence electrons. The molecule has 0 amide bonds. The van der Waals surface area contributed by atoms with E-state index in [1.165, 1.54) is 18.2 Å². The minimum atomic E-state index is -0.471. The van der Waals surface area contributed by atoms with Crippen LogP contribution in [-0.4, -0.2) is 9.55 Å². The molecule has 0 bridgehead atoms. The second kappa shape index (κ2) is 4.96. The van der Waals surface area contributed by atoms with Crippen molar-refractivity contribution in [3.05, 3.63) is 51.0 Å². The van der Waals surface area contributed by atoms with Crippen molar-refractivity contribution >= 4 is 44.5 Å². The van der Waals surface area contributed by atoms with E-state index in [-0.39, 0.29) is 16.8 Å². The monoisotopic (exact) mass is 371 g/mol. The first-order valence-corrected chi connectivity index (χ1v) is 7.14. The molecule has 2 aromatic carbocycles. The van der Waals surface area contributed by atoms with E-state index in [1.807, 2.05) is 0 Å². The third-order valence-electron chi connectivity index (χ3n) is 3.17. The lowest BCUT2D eigenvalue weighted by Gasteiger charge is -2.11. The lowest BCUT2D eigenvalue weighted by molar-refractivity contribution is 0.620.